The van der Waals surface area contributed by atoms with E-state index in [0.29, 0.717) is 22.6 Å². The summed E-state index contributed by atoms with van der Waals surface area (Å²) in [5.74, 6) is 0.403. The zero-order chi connectivity index (χ0) is 18.0. The highest BCUT2D eigenvalue weighted by atomic mass is 16.6. The van der Waals surface area contributed by atoms with Gasteiger partial charge >= 0.3 is 6.09 Å². The molecule has 0 aliphatic carbocycles. The molecule has 0 N–H and O–H groups in total. The van der Waals surface area contributed by atoms with E-state index < -0.39 is 11.5 Å². The van der Waals surface area contributed by atoms with Gasteiger partial charge in [0.25, 0.3) is 0 Å². The Bertz CT molecular complexity index is 932. The van der Waals surface area contributed by atoms with Gasteiger partial charge in [0.2, 0.25) is 0 Å². The Labute approximate surface area is 145 Å². The third-order valence-electron chi connectivity index (χ3n) is 4.48. The summed E-state index contributed by atoms with van der Waals surface area (Å²) in [6.45, 7) is 6.09. The number of hydrogen-bond acceptors (Lipinski definition) is 5. The summed E-state index contributed by atoms with van der Waals surface area (Å²) >= 11 is 0. The van der Waals surface area contributed by atoms with Crippen molar-refractivity contribution in [2.45, 2.75) is 19.8 Å². The van der Waals surface area contributed by atoms with Crippen LogP contribution in [0, 0.1) is 28.1 Å². The van der Waals surface area contributed by atoms with Crippen molar-refractivity contribution in [1.82, 2.24) is 0 Å². The molecule has 1 unspecified atom stereocenters. The molecule has 1 aromatic carbocycles. The Morgan fingerprint density at radius 3 is 2.88 bits per heavy atom. The first-order valence-corrected chi connectivity index (χ1v) is 8.01. The SMILES string of the molecule is C=C1c2oc3ccccc3c2N(C(=O)OCC)CC1(C#N)CCC#N. The number of nitrogens with zero attached hydrogens (tertiary/aromatic N) is 3. The molecule has 2 heterocycles. The van der Waals surface area contributed by atoms with Gasteiger partial charge in [0.05, 0.1) is 25.3 Å². The van der Waals surface area contributed by atoms with E-state index in [1.54, 1.807) is 13.0 Å². The van der Waals surface area contributed by atoms with E-state index in [4.69, 9.17) is 14.4 Å². The maximum absolute atomic E-state index is 12.5. The van der Waals surface area contributed by atoms with E-state index in [2.05, 4.69) is 18.7 Å². The highest BCUT2D eigenvalue weighted by molar-refractivity contribution is 6.06. The van der Waals surface area contributed by atoms with E-state index in [0.717, 1.165) is 5.39 Å². The molecule has 1 atom stereocenters. The molecule has 126 valence electrons. The van der Waals surface area contributed by atoms with Crippen LogP contribution in [0.25, 0.3) is 16.5 Å². The molecule has 0 saturated heterocycles. The number of carbonyl (C=O) groups is 1. The molecule has 0 bridgehead atoms. The number of para-hydroxylation sites is 1. The van der Waals surface area contributed by atoms with Gasteiger partial charge in [0.1, 0.15) is 16.7 Å². The Morgan fingerprint density at radius 2 is 2.20 bits per heavy atom. The summed E-state index contributed by atoms with van der Waals surface area (Å²) in [5, 5.41) is 19.5. The summed E-state index contributed by atoms with van der Waals surface area (Å²) in [6, 6.07) is 11.7. The topological polar surface area (TPSA) is 90.3 Å². The quantitative estimate of drug-likeness (QED) is 0.837. The number of rotatable bonds is 3. The minimum atomic E-state index is -1.08. The van der Waals surface area contributed by atoms with Gasteiger partial charge in [-0.25, -0.2) is 4.79 Å². The third kappa shape index (κ3) is 2.53. The summed E-state index contributed by atoms with van der Waals surface area (Å²) in [4.78, 5) is 14.0. The summed E-state index contributed by atoms with van der Waals surface area (Å²) in [7, 11) is 0. The van der Waals surface area contributed by atoms with E-state index >= 15 is 0 Å². The van der Waals surface area contributed by atoms with Crippen LogP contribution in [0.15, 0.2) is 35.3 Å². The first kappa shape index (κ1) is 16.6. The zero-order valence-electron chi connectivity index (χ0n) is 13.9. The Kier molecular flexibility index (Phi) is 4.21. The number of ether oxygens (including phenoxy) is 1. The fraction of sp³-hybridized carbons (Fsp3) is 0.316. The second-order valence-corrected chi connectivity index (χ2v) is 5.89. The molecular formula is C19H17N3O3. The standard InChI is InChI=1S/C19H17N3O3/c1-3-24-18(23)22-12-19(11-21,9-6-10-20)13(2)17-16(22)14-7-4-5-8-15(14)25-17/h4-5,7-8H,2-3,6,9,12H2,1H3. The molecule has 1 aliphatic rings. The molecule has 25 heavy (non-hydrogen) atoms. The van der Waals surface area contributed by atoms with Gasteiger partial charge < -0.3 is 9.15 Å². The number of benzene rings is 1. The molecule has 6 heteroatoms. The van der Waals surface area contributed by atoms with Crippen molar-refractivity contribution in [3.05, 3.63) is 36.6 Å². The van der Waals surface area contributed by atoms with Crippen molar-refractivity contribution in [2.24, 2.45) is 5.41 Å². The number of hydrogen-bond donors (Lipinski definition) is 0. The van der Waals surface area contributed by atoms with Crippen molar-refractivity contribution >= 4 is 28.3 Å². The first-order chi connectivity index (χ1) is 12.1. The second kappa shape index (κ2) is 6.33. The molecule has 0 fully saturated rings. The van der Waals surface area contributed by atoms with Gasteiger partial charge in [0.15, 0.2) is 5.76 Å². The minimum absolute atomic E-state index is 0.0827. The van der Waals surface area contributed by atoms with Crippen LogP contribution in [0.4, 0.5) is 10.5 Å². The lowest BCUT2D eigenvalue weighted by Crippen LogP contribution is -2.45. The van der Waals surface area contributed by atoms with Crippen LogP contribution in [0.2, 0.25) is 0 Å². The molecule has 0 spiro atoms. The maximum atomic E-state index is 12.5. The second-order valence-electron chi connectivity index (χ2n) is 5.89. The summed E-state index contributed by atoms with van der Waals surface area (Å²) < 4.78 is 11.1. The van der Waals surface area contributed by atoms with Crippen LogP contribution < -0.4 is 4.90 Å². The number of carbonyl (C=O) groups excluding carboxylic acids is 1. The lowest BCUT2D eigenvalue weighted by Gasteiger charge is -2.37. The summed E-state index contributed by atoms with van der Waals surface area (Å²) in [5.41, 5.74) is 0.597. The van der Waals surface area contributed by atoms with Gasteiger partial charge in [-0.2, -0.15) is 10.5 Å². The molecule has 1 aliphatic heterocycles. The number of fused-ring (bicyclic) bond motifs is 3. The van der Waals surface area contributed by atoms with Crippen molar-refractivity contribution in [3.8, 4) is 12.1 Å². The Hall–Kier alpha value is -3.25. The van der Waals surface area contributed by atoms with Crippen molar-refractivity contribution in [1.29, 1.82) is 10.5 Å². The molecule has 1 aromatic heterocycles. The number of furan rings is 1. The van der Waals surface area contributed by atoms with Crippen molar-refractivity contribution in [2.75, 3.05) is 18.1 Å². The normalized spacial score (nSPS) is 19.2. The number of nitriles is 2. The highest BCUT2D eigenvalue weighted by Crippen LogP contribution is 2.50. The fourth-order valence-electron chi connectivity index (χ4n) is 3.18. The predicted molar refractivity (Wildman–Crippen MR) is 92.5 cm³/mol. The lowest BCUT2D eigenvalue weighted by molar-refractivity contribution is 0.157. The summed E-state index contributed by atoms with van der Waals surface area (Å²) in [6.07, 6.45) is -0.0938. The van der Waals surface area contributed by atoms with Gasteiger partial charge in [-0.3, -0.25) is 4.90 Å². The Morgan fingerprint density at radius 1 is 1.44 bits per heavy atom. The molecule has 3 rings (SSSR count). The number of anilines is 1. The van der Waals surface area contributed by atoms with E-state index in [-0.39, 0.29) is 26.0 Å². The van der Waals surface area contributed by atoms with Crippen LogP contribution in [-0.2, 0) is 4.74 Å². The molecule has 0 radical (unpaired) electrons. The van der Waals surface area contributed by atoms with Crippen molar-refractivity contribution in [3.63, 3.8) is 0 Å². The monoisotopic (exact) mass is 335 g/mol. The average molecular weight is 335 g/mol. The van der Waals surface area contributed by atoms with E-state index in [1.165, 1.54) is 4.90 Å². The maximum Gasteiger partial charge on any atom is 0.414 e. The first-order valence-electron chi connectivity index (χ1n) is 8.01. The van der Waals surface area contributed by atoms with Crippen LogP contribution in [0.3, 0.4) is 0 Å². The van der Waals surface area contributed by atoms with Crippen LogP contribution in [0.1, 0.15) is 25.5 Å². The number of amides is 1. The van der Waals surface area contributed by atoms with Crippen LogP contribution in [0.5, 0.6) is 0 Å². The smallest absolute Gasteiger partial charge is 0.414 e. The molecule has 2 aromatic rings. The van der Waals surface area contributed by atoms with Crippen LogP contribution in [-0.4, -0.2) is 19.2 Å². The average Bonchev–Trinajstić information content (AvgIpc) is 3.02. The largest absolute Gasteiger partial charge is 0.454 e. The van der Waals surface area contributed by atoms with Gasteiger partial charge in [-0.05, 0) is 25.5 Å². The third-order valence-corrected chi connectivity index (χ3v) is 4.48. The van der Waals surface area contributed by atoms with Crippen LogP contribution >= 0.6 is 0 Å². The molecular weight excluding hydrogens is 318 g/mol. The minimum Gasteiger partial charge on any atom is -0.454 e. The lowest BCUT2D eigenvalue weighted by atomic mass is 9.74. The van der Waals surface area contributed by atoms with Gasteiger partial charge in [0, 0.05) is 17.4 Å². The molecule has 0 saturated carbocycles. The Balaban J connectivity index is 2.21. The van der Waals surface area contributed by atoms with Crippen molar-refractivity contribution < 1.29 is 13.9 Å². The van der Waals surface area contributed by atoms with E-state index in [1.807, 2.05) is 18.2 Å². The fourth-order valence-corrected chi connectivity index (χ4v) is 3.18. The van der Waals surface area contributed by atoms with E-state index in [9.17, 15) is 10.1 Å². The zero-order valence-corrected chi connectivity index (χ0v) is 13.9. The van der Waals surface area contributed by atoms with Gasteiger partial charge in [-0.15, -0.1) is 0 Å². The van der Waals surface area contributed by atoms with Gasteiger partial charge in [-0.1, -0.05) is 18.7 Å². The molecule has 6 nitrogen and oxygen atoms in total. The molecule has 1 amide bonds. The highest BCUT2D eigenvalue weighted by Gasteiger charge is 2.46. The predicted octanol–water partition coefficient (Wildman–Crippen LogP) is 4.24.